The van der Waals surface area contributed by atoms with Gasteiger partial charge in [0.1, 0.15) is 5.82 Å². The Bertz CT molecular complexity index is 1150. The van der Waals surface area contributed by atoms with Gasteiger partial charge in [0.2, 0.25) is 21.8 Å². The highest BCUT2D eigenvalue weighted by molar-refractivity contribution is 7.89. The van der Waals surface area contributed by atoms with Crippen LogP contribution in [0.4, 0.5) is 15.8 Å². The van der Waals surface area contributed by atoms with Crippen molar-refractivity contribution in [3.05, 3.63) is 54.3 Å². The number of carbonyl (C=O) groups excluding carboxylic acids is 2. The number of halogens is 1. The van der Waals surface area contributed by atoms with Crippen molar-refractivity contribution >= 4 is 33.2 Å². The quantitative estimate of drug-likeness (QED) is 0.693. The van der Waals surface area contributed by atoms with Gasteiger partial charge in [0.05, 0.1) is 16.5 Å². The van der Waals surface area contributed by atoms with Gasteiger partial charge in [0.15, 0.2) is 0 Å². The van der Waals surface area contributed by atoms with Crippen LogP contribution in [-0.4, -0.2) is 68.7 Å². The van der Waals surface area contributed by atoms with Crippen LogP contribution >= 0.6 is 0 Å². The number of nitrogens with zero attached hydrogens (tertiary/aromatic N) is 3. The molecule has 2 aromatic rings. The molecule has 2 aliphatic rings. The number of benzene rings is 2. The molecule has 176 valence electrons. The Morgan fingerprint density at radius 2 is 1.82 bits per heavy atom. The van der Waals surface area contributed by atoms with Crippen LogP contribution in [0.15, 0.2) is 53.4 Å². The molecule has 1 atom stereocenters. The van der Waals surface area contributed by atoms with Crippen molar-refractivity contribution < 1.29 is 22.4 Å². The van der Waals surface area contributed by atoms with E-state index in [-0.39, 0.29) is 29.5 Å². The first-order chi connectivity index (χ1) is 15.8. The smallest absolute Gasteiger partial charge is 0.243 e. The molecule has 0 aromatic heterocycles. The predicted molar refractivity (Wildman–Crippen MR) is 123 cm³/mol. The molecule has 2 fully saturated rings. The number of para-hydroxylation sites is 1. The lowest BCUT2D eigenvalue weighted by atomic mass is 10.1. The lowest BCUT2D eigenvalue weighted by Crippen LogP contribution is -2.48. The van der Waals surface area contributed by atoms with Crippen molar-refractivity contribution in [3.63, 3.8) is 0 Å². The Morgan fingerprint density at radius 1 is 1.09 bits per heavy atom. The maximum atomic E-state index is 14.1. The third-order valence-electron chi connectivity index (χ3n) is 6.16. The highest BCUT2D eigenvalue weighted by Crippen LogP contribution is 2.28. The highest BCUT2D eigenvalue weighted by atomic mass is 32.2. The summed E-state index contributed by atoms with van der Waals surface area (Å²) in [5.74, 6) is -1.93. The van der Waals surface area contributed by atoms with Crippen molar-refractivity contribution in [1.82, 2.24) is 9.21 Å². The third-order valence-corrected chi connectivity index (χ3v) is 8.05. The summed E-state index contributed by atoms with van der Waals surface area (Å²) in [4.78, 5) is 28.8. The number of sulfonamides is 1. The van der Waals surface area contributed by atoms with Crippen molar-refractivity contribution in [2.24, 2.45) is 5.92 Å². The van der Waals surface area contributed by atoms with Crippen LogP contribution in [0.3, 0.4) is 0 Å². The summed E-state index contributed by atoms with van der Waals surface area (Å²) in [6.45, 7) is 5.19. The number of likely N-dealkylation sites (N-methyl/N-ethyl adjacent to an activating group) is 1. The topological polar surface area (TPSA) is 90.0 Å². The molecular formula is C23H27FN4O4S. The Balaban J connectivity index is 1.44. The first-order valence-corrected chi connectivity index (χ1v) is 12.4. The van der Waals surface area contributed by atoms with E-state index in [2.05, 4.69) is 10.2 Å². The normalized spacial score (nSPS) is 20.2. The van der Waals surface area contributed by atoms with E-state index in [4.69, 9.17) is 0 Å². The number of nitrogens with one attached hydrogen (secondary N) is 1. The standard InChI is InChI=1S/C23H27FN4O4S/c1-2-26-10-12-27(13-11-26)33(31,32)19-7-5-6-18(15-19)25-23(30)17-14-22(29)28(16-17)21-9-4-3-8-20(21)24/h3-9,15,17H,2,10-14,16H2,1H3,(H,25,30). The van der Waals surface area contributed by atoms with Crippen LogP contribution in [-0.2, 0) is 19.6 Å². The molecule has 1 unspecified atom stereocenters. The molecule has 0 saturated carbocycles. The SMILES string of the molecule is CCN1CCN(S(=O)(=O)c2cccc(NC(=O)C3CC(=O)N(c4ccccc4F)C3)c2)CC1. The van der Waals surface area contributed by atoms with Gasteiger partial charge in [-0.2, -0.15) is 4.31 Å². The van der Waals surface area contributed by atoms with E-state index in [9.17, 15) is 22.4 Å². The van der Waals surface area contributed by atoms with Gasteiger partial charge in [-0.25, -0.2) is 12.8 Å². The fraction of sp³-hybridized carbons (Fsp3) is 0.391. The van der Waals surface area contributed by atoms with Gasteiger partial charge >= 0.3 is 0 Å². The number of amides is 2. The number of anilines is 2. The molecular weight excluding hydrogens is 447 g/mol. The molecule has 10 heteroatoms. The van der Waals surface area contributed by atoms with Gasteiger partial charge in [0.25, 0.3) is 0 Å². The van der Waals surface area contributed by atoms with Crippen LogP contribution in [0.5, 0.6) is 0 Å². The molecule has 2 aromatic carbocycles. The second-order valence-corrected chi connectivity index (χ2v) is 10.2. The summed E-state index contributed by atoms with van der Waals surface area (Å²) < 4.78 is 41.7. The molecule has 0 spiro atoms. The zero-order chi connectivity index (χ0) is 23.6. The van der Waals surface area contributed by atoms with E-state index >= 15 is 0 Å². The van der Waals surface area contributed by atoms with Gasteiger partial charge in [-0.15, -0.1) is 0 Å². The molecule has 8 nitrogen and oxygen atoms in total. The van der Waals surface area contributed by atoms with E-state index in [1.54, 1.807) is 18.2 Å². The van der Waals surface area contributed by atoms with E-state index in [1.807, 2.05) is 6.92 Å². The molecule has 2 heterocycles. The summed E-state index contributed by atoms with van der Waals surface area (Å²) >= 11 is 0. The summed E-state index contributed by atoms with van der Waals surface area (Å²) in [5.41, 5.74) is 0.485. The molecule has 4 rings (SSSR count). The molecule has 2 saturated heterocycles. The van der Waals surface area contributed by atoms with Gasteiger partial charge in [0, 0.05) is 44.8 Å². The van der Waals surface area contributed by atoms with E-state index < -0.39 is 27.7 Å². The third kappa shape index (κ3) is 4.92. The van der Waals surface area contributed by atoms with Crippen LogP contribution in [0.2, 0.25) is 0 Å². The summed E-state index contributed by atoms with van der Waals surface area (Å²) in [6.07, 6.45) is -0.0418. The minimum Gasteiger partial charge on any atom is -0.326 e. The Hall–Kier alpha value is -2.82. The zero-order valence-corrected chi connectivity index (χ0v) is 19.2. The van der Waals surface area contributed by atoms with E-state index in [1.165, 1.54) is 39.5 Å². The molecule has 1 N–H and O–H groups in total. The fourth-order valence-corrected chi connectivity index (χ4v) is 5.67. The number of hydrogen-bond donors (Lipinski definition) is 1. The average molecular weight is 475 g/mol. The number of carbonyl (C=O) groups is 2. The second kappa shape index (κ2) is 9.58. The molecule has 0 bridgehead atoms. The predicted octanol–water partition coefficient (Wildman–Crippen LogP) is 2.14. The summed E-state index contributed by atoms with van der Waals surface area (Å²) in [6, 6.07) is 12.1. The van der Waals surface area contributed by atoms with Crippen molar-refractivity contribution in [1.29, 1.82) is 0 Å². The number of rotatable bonds is 6. The van der Waals surface area contributed by atoms with Gasteiger partial charge in [-0.1, -0.05) is 25.1 Å². The Labute approximate surface area is 193 Å². The Morgan fingerprint density at radius 3 is 2.52 bits per heavy atom. The van der Waals surface area contributed by atoms with Crippen LogP contribution < -0.4 is 10.2 Å². The van der Waals surface area contributed by atoms with E-state index in [0.29, 0.717) is 31.9 Å². The van der Waals surface area contributed by atoms with Crippen LogP contribution in [0.25, 0.3) is 0 Å². The minimum atomic E-state index is -3.68. The molecule has 2 aliphatic heterocycles. The minimum absolute atomic E-state index is 0.0418. The largest absolute Gasteiger partial charge is 0.326 e. The fourth-order valence-electron chi connectivity index (χ4n) is 4.20. The van der Waals surface area contributed by atoms with Crippen LogP contribution in [0, 0.1) is 11.7 Å². The van der Waals surface area contributed by atoms with E-state index in [0.717, 1.165) is 6.54 Å². The molecule has 33 heavy (non-hydrogen) atoms. The maximum Gasteiger partial charge on any atom is 0.243 e. The van der Waals surface area contributed by atoms with Gasteiger partial charge in [-0.05, 0) is 36.9 Å². The first-order valence-electron chi connectivity index (χ1n) is 11.0. The van der Waals surface area contributed by atoms with Gasteiger partial charge < -0.3 is 15.1 Å². The molecule has 0 aliphatic carbocycles. The Kier molecular flexibility index (Phi) is 6.78. The monoisotopic (exact) mass is 474 g/mol. The van der Waals surface area contributed by atoms with Crippen LogP contribution in [0.1, 0.15) is 13.3 Å². The van der Waals surface area contributed by atoms with Crippen molar-refractivity contribution in [2.45, 2.75) is 18.2 Å². The lowest BCUT2D eigenvalue weighted by molar-refractivity contribution is -0.122. The maximum absolute atomic E-state index is 14.1. The first kappa shape index (κ1) is 23.3. The molecule has 2 amide bonds. The second-order valence-electron chi connectivity index (χ2n) is 8.21. The number of piperazine rings is 1. The zero-order valence-electron chi connectivity index (χ0n) is 18.4. The molecule has 0 radical (unpaired) electrons. The summed E-state index contributed by atoms with van der Waals surface area (Å²) in [7, 11) is -3.68. The van der Waals surface area contributed by atoms with Crippen molar-refractivity contribution in [3.8, 4) is 0 Å². The van der Waals surface area contributed by atoms with Gasteiger partial charge in [-0.3, -0.25) is 9.59 Å². The average Bonchev–Trinajstić information content (AvgIpc) is 3.21. The van der Waals surface area contributed by atoms with Crippen molar-refractivity contribution in [2.75, 3.05) is 49.5 Å². The summed E-state index contributed by atoms with van der Waals surface area (Å²) in [5, 5.41) is 2.72. The highest BCUT2D eigenvalue weighted by Gasteiger charge is 2.36. The lowest BCUT2D eigenvalue weighted by Gasteiger charge is -2.33. The number of hydrogen-bond acceptors (Lipinski definition) is 5.